The summed E-state index contributed by atoms with van der Waals surface area (Å²) in [7, 11) is 0. The predicted molar refractivity (Wildman–Crippen MR) is 71.8 cm³/mol. The van der Waals surface area contributed by atoms with Crippen LogP contribution in [0.1, 0.15) is 30.6 Å². The quantitative estimate of drug-likeness (QED) is 0.861. The molecule has 2 rings (SSSR count). The third-order valence-corrected chi connectivity index (χ3v) is 4.62. The van der Waals surface area contributed by atoms with Crippen molar-refractivity contribution < 1.29 is 9.90 Å². The van der Waals surface area contributed by atoms with Gasteiger partial charge in [-0.15, -0.1) is 0 Å². The van der Waals surface area contributed by atoms with Crippen molar-refractivity contribution in [3.8, 4) is 0 Å². The number of aliphatic hydroxyl groups excluding tert-OH is 1. The number of hydrogen-bond acceptors (Lipinski definition) is 5. The van der Waals surface area contributed by atoms with Crippen LogP contribution in [0.15, 0.2) is 0 Å². The van der Waals surface area contributed by atoms with E-state index in [4.69, 9.17) is 22.4 Å². The van der Waals surface area contributed by atoms with E-state index < -0.39 is 0 Å². The molecular formula is C11H16ClN3O2S. The van der Waals surface area contributed by atoms with Crippen molar-refractivity contribution in [1.29, 1.82) is 0 Å². The SMILES string of the molecule is NC(=O)CN(c1nc(Cl)c(CO)s1)C1CCCC1. The van der Waals surface area contributed by atoms with Crippen molar-refractivity contribution in [2.75, 3.05) is 11.4 Å². The van der Waals surface area contributed by atoms with E-state index in [1.54, 1.807) is 0 Å². The number of carbonyl (C=O) groups excluding carboxylic acids is 1. The summed E-state index contributed by atoms with van der Waals surface area (Å²) in [6.45, 7) is 0.0188. The Morgan fingerprint density at radius 3 is 2.72 bits per heavy atom. The fourth-order valence-electron chi connectivity index (χ4n) is 2.28. The number of aliphatic hydroxyl groups is 1. The number of rotatable bonds is 5. The van der Waals surface area contributed by atoms with E-state index in [0.717, 1.165) is 25.7 Å². The van der Waals surface area contributed by atoms with Gasteiger partial charge in [0.05, 0.1) is 18.0 Å². The van der Waals surface area contributed by atoms with Gasteiger partial charge in [-0.1, -0.05) is 35.8 Å². The second-order valence-corrected chi connectivity index (χ2v) is 5.82. The van der Waals surface area contributed by atoms with Gasteiger partial charge in [-0.2, -0.15) is 0 Å². The Morgan fingerprint density at radius 2 is 2.22 bits per heavy atom. The number of thiazole rings is 1. The van der Waals surface area contributed by atoms with Crippen LogP contribution in [-0.2, 0) is 11.4 Å². The van der Waals surface area contributed by atoms with Gasteiger partial charge in [0.1, 0.15) is 5.15 Å². The average Bonchev–Trinajstić information content (AvgIpc) is 2.94. The molecule has 0 atom stereocenters. The van der Waals surface area contributed by atoms with E-state index in [9.17, 15) is 4.79 Å². The molecule has 0 unspecified atom stereocenters. The summed E-state index contributed by atoms with van der Waals surface area (Å²) in [5.41, 5.74) is 5.29. The highest BCUT2D eigenvalue weighted by Gasteiger charge is 2.27. The highest BCUT2D eigenvalue weighted by Crippen LogP contribution is 2.34. The van der Waals surface area contributed by atoms with Crippen LogP contribution in [0.3, 0.4) is 0 Å². The summed E-state index contributed by atoms with van der Waals surface area (Å²) in [6.07, 6.45) is 4.40. The first-order valence-corrected chi connectivity index (χ1v) is 7.12. The zero-order chi connectivity index (χ0) is 13.1. The molecule has 1 aliphatic rings. The van der Waals surface area contributed by atoms with Gasteiger partial charge in [0.2, 0.25) is 5.91 Å². The first kappa shape index (κ1) is 13.6. The standard InChI is InChI=1S/C11H16ClN3O2S/c12-10-8(6-16)18-11(14-10)15(5-9(13)17)7-3-1-2-4-7/h7,16H,1-6H2,(H2,13,17). The van der Waals surface area contributed by atoms with Crippen LogP contribution in [0, 0.1) is 0 Å². The van der Waals surface area contributed by atoms with Crippen molar-refractivity contribution in [2.45, 2.75) is 38.3 Å². The zero-order valence-corrected chi connectivity index (χ0v) is 11.5. The molecule has 5 nitrogen and oxygen atoms in total. The lowest BCUT2D eigenvalue weighted by Gasteiger charge is -2.26. The lowest BCUT2D eigenvalue weighted by Crippen LogP contribution is -2.40. The molecule has 1 aliphatic carbocycles. The minimum atomic E-state index is -0.376. The maximum absolute atomic E-state index is 11.2. The molecule has 1 aromatic rings. The predicted octanol–water partition coefficient (Wildman–Crippen LogP) is 1.52. The summed E-state index contributed by atoms with van der Waals surface area (Å²) >= 11 is 7.25. The van der Waals surface area contributed by atoms with Crippen molar-refractivity contribution in [3.05, 3.63) is 10.0 Å². The van der Waals surface area contributed by atoms with Gasteiger partial charge >= 0.3 is 0 Å². The molecule has 1 amide bonds. The molecule has 1 fully saturated rings. The molecule has 0 aliphatic heterocycles. The molecule has 1 saturated carbocycles. The van der Waals surface area contributed by atoms with E-state index in [-0.39, 0.29) is 19.1 Å². The molecule has 0 aromatic carbocycles. The van der Waals surface area contributed by atoms with Gasteiger partial charge in [-0.3, -0.25) is 4.79 Å². The van der Waals surface area contributed by atoms with Crippen molar-refractivity contribution >= 4 is 34.0 Å². The normalized spacial score (nSPS) is 16.1. The number of anilines is 1. The van der Waals surface area contributed by atoms with Gasteiger partial charge in [0.15, 0.2) is 5.13 Å². The third-order valence-electron chi connectivity index (χ3n) is 3.12. The smallest absolute Gasteiger partial charge is 0.237 e. The molecule has 1 heterocycles. The van der Waals surface area contributed by atoms with E-state index in [0.29, 0.717) is 21.2 Å². The molecule has 0 saturated heterocycles. The fraction of sp³-hybridized carbons (Fsp3) is 0.636. The first-order valence-electron chi connectivity index (χ1n) is 5.93. The average molecular weight is 290 g/mol. The molecule has 18 heavy (non-hydrogen) atoms. The highest BCUT2D eigenvalue weighted by molar-refractivity contribution is 7.16. The number of nitrogens with two attached hydrogens (primary N) is 1. The lowest BCUT2D eigenvalue weighted by atomic mass is 10.2. The summed E-state index contributed by atoms with van der Waals surface area (Å²) in [6, 6.07) is 0.297. The van der Waals surface area contributed by atoms with Crippen LogP contribution < -0.4 is 10.6 Å². The zero-order valence-electron chi connectivity index (χ0n) is 9.93. The third kappa shape index (κ3) is 2.93. The van der Waals surface area contributed by atoms with Crippen molar-refractivity contribution in [1.82, 2.24) is 4.98 Å². The Hall–Kier alpha value is -0.850. The number of aromatic nitrogens is 1. The van der Waals surface area contributed by atoms with Crippen LogP contribution in [0.2, 0.25) is 5.15 Å². The maximum Gasteiger partial charge on any atom is 0.237 e. The van der Waals surface area contributed by atoms with E-state index >= 15 is 0 Å². The Labute approximate surface area is 115 Å². The Balaban J connectivity index is 2.23. The number of primary amides is 1. The number of nitrogens with zero attached hydrogens (tertiary/aromatic N) is 2. The second kappa shape index (κ2) is 5.86. The second-order valence-electron chi connectivity index (χ2n) is 4.40. The van der Waals surface area contributed by atoms with Gasteiger partial charge in [0, 0.05) is 6.04 Å². The van der Waals surface area contributed by atoms with Crippen LogP contribution in [-0.4, -0.2) is 28.6 Å². The maximum atomic E-state index is 11.2. The van der Waals surface area contributed by atoms with Gasteiger partial charge in [0.25, 0.3) is 0 Å². The lowest BCUT2D eigenvalue weighted by molar-refractivity contribution is -0.116. The Kier molecular flexibility index (Phi) is 4.42. The molecule has 0 spiro atoms. The minimum Gasteiger partial charge on any atom is -0.391 e. The van der Waals surface area contributed by atoms with E-state index in [2.05, 4.69) is 4.98 Å². The Morgan fingerprint density at radius 1 is 1.56 bits per heavy atom. The fourth-order valence-corrected chi connectivity index (χ4v) is 3.47. The number of hydrogen-bond donors (Lipinski definition) is 2. The van der Waals surface area contributed by atoms with E-state index in [1.807, 2.05) is 4.90 Å². The molecule has 7 heteroatoms. The summed E-state index contributed by atoms with van der Waals surface area (Å²) < 4.78 is 0. The molecule has 1 aromatic heterocycles. The molecule has 100 valence electrons. The first-order chi connectivity index (χ1) is 8.61. The number of amides is 1. The Bertz CT molecular complexity index is 432. The molecule has 3 N–H and O–H groups in total. The van der Waals surface area contributed by atoms with Gasteiger partial charge in [-0.25, -0.2) is 4.98 Å². The molecule has 0 radical (unpaired) electrons. The van der Waals surface area contributed by atoms with Crippen LogP contribution in [0.5, 0.6) is 0 Å². The van der Waals surface area contributed by atoms with Crippen LogP contribution in [0.25, 0.3) is 0 Å². The topological polar surface area (TPSA) is 79.5 Å². The summed E-state index contributed by atoms with van der Waals surface area (Å²) in [5.74, 6) is -0.376. The molecular weight excluding hydrogens is 274 g/mol. The highest BCUT2D eigenvalue weighted by atomic mass is 35.5. The van der Waals surface area contributed by atoms with Crippen LogP contribution >= 0.6 is 22.9 Å². The minimum absolute atomic E-state index is 0.133. The van der Waals surface area contributed by atoms with E-state index in [1.165, 1.54) is 11.3 Å². The van der Waals surface area contributed by atoms with Crippen LogP contribution in [0.4, 0.5) is 5.13 Å². The monoisotopic (exact) mass is 289 g/mol. The largest absolute Gasteiger partial charge is 0.391 e. The number of carbonyl (C=O) groups is 1. The van der Waals surface area contributed by atoms with Gasteiger partial charge in [-0.05, 0) is 12.8 Å². The summed E-state index contributed by atoms with van der Waals surface area (Å²) in [5, 5.41) is 10.1. The summed E-state index contributed by atoms with van der Waals surface area (Å²) in [4.78, 5) is 17.9. The number of halogens is 1. The van der Waals surface area contributed by atoms with Crippen molar-refractivity contribution in [3.63, 3.8) is 0 Å². The van der Waals surface area contributed by atoms with Crippen molar-refractivity contribution in [2.24, 2.45) is 5.73 Å². The molecule has 0 bridgehead atoms. The van der Waals surface area contributed by atoms with Gasteiger partial charge < -0.3 is 15.7 Å².